The van der Waals surface area contributed by atoms with Gasteiger partial charge in [-0.2, -0.15) is 5.10 Å². The number of aromatic hydroxyl groups is 1. The summed E-state index contributed by atoms with van der Waals surface area (Å²) in [7, 11) is 1.95. The number of rotatable bonds is 5. The molecule has 3 aromatic rings. The number of benzene rings is 2. The molecule has 0 fully saturated rings. The first kappa shape index (κ1) is 17.5. The van der Waals surface area contributed by atoms with E-state index < -0.39 is 0 Å². The Kier molecular flexibility index (Phi) is 5.40. The summed E-state index contributed by atoms with van der Waals surface area (Å²) in [4.78, 5) is 15.2. The average molecular weight is 420 g/mol. The van der Waals surface area contributed by atoms with Gasteiger partial charge in [0, 0.05) is 10.0 Å². The van der Waals surface area contributed by atoms with E-state index in [1.54, 1.807) is 18.2 Å². The first-order valence-electron chi connectivity index (χ1n) is 7.44. The van der Waals surface area contributed by atoms with E-state index in [0.29, 0.717) is 5.56 Å². The summed E-state index contributed by atoms with van der Waals surface area (Å²) in [5.74, 6) is 0.0951. The molecule has 3 N–H and O–H groups in total. The van der Waals surface area contributed by atoms with E-state index in [9.17, 15) is 9.90 Å². The fourth-order valence-electron chi connectivity index (χ4n) is 2.28. The van der Waals surface area contributed by atoms with Gasteiger partial charge in [0.25, 0.3) is 5.91 Å². The Morgan fingerprint density at radius 3 is 3.00 bits per heavy atom. The topological polar surface area (TPSA) is 81.4 Å². The van der Waals surface area contributed by atoms with Crippen molar-refractivity contribution < 1.29 is 14.5 Å². The number of carbonyl (C=O) groups is 1. The van der Waals surface area contributed by atoms with Crippen LogP contribution in [0.3, 0.4) is 0 Å². The van der Waals surface area contributed by atoms with Crippen LogP contribution in [0.25, 0.3) is 11.0 Å². The van der Waals surface area contributed by atoms with Crippen LogP contribution in [0, 0.1) is 0 Å². The lowest BCUT2D eigenvalue weighted by Crippen LogP contribution is -2.30. The molecule has 3 rings (SSSR count). The molecule has 0 saturated carbocycles. The van der Waals surface area contributed by atoms with Crippen LogP contribution in [0.2, 0.25) is 0 Å². The number of aryl methyl sites for hydroxylation is 1. The summed E-state index contributed by atoms with van der Waals surface area (Å²) < 4.78 is 2.83. The fraction of sp³-hybridized carbons (Fsp3) is 0.118. The minimum atomic E-state index is -0.227. The number of fused-ring (bicyclic) bond motifs is 1. The molecule has 0 bridgehead atoms. The summed E-state index contributed by atoms with van der Waals surface area (Å²) in [5.41, 5.74) is 5.08. The number of nitrogens with one attached hydrogen (secondary N) is 2. The lowest BCUT2D eigenvalue weighted by Gasteiger charge is -2.00. The van der Waals surface area contributed by atoms with E-state index in [2.05, 4.69) is 31.4 Å². The Labute approximate surface area is 157 Å². The number of halogens is 1. The van der Waals surface area contributed by atoms with Gasteiger partial charge in [0.15, 0.2) is 11.0 Å². The monoisotopic (exact) mass is 419 g/mol. The number of thioether (sulfide) groups is 1. The Balaban J connectivity index is 1.58. The van der Waals surface area contributed by atoms with Crippen molar-refractivity contribution >= 4 is 50.8 Å². The van der Waals surface area contributed by atoms with E-state index in [-0.39, 0.29) is 17.4 Å². The molecular formula is C17H16BrN4O2S+. The molecule has 128 valence electrons. The number of imidazole rings is 1. The van der Waals surface area contributed by atoms with Crippen molar-refractivity contribution in [1.29, 1.82) is 0 Å². The van der Waals surface area contributed by atoms with Gasteiger partial charge in [-0.15, -0.1) is 0 Å². The predicted octanol–water partition coefficient (Wildman–Crippen LogP) is 2.70. The number of hydrazone groups is 1. The zero-order valence-corrected chi connectivity index (χ0v) is 15.8. The van der Waals surface area contributed by atoms with Crippen molar-refractivity contribution in [3.8, 4) is 5.75 Å². The highest BCUT2D eigenvalue weighted by atomic mass is 79.9. The average Bonchev–Trinajstić information content (AvgIpc) is 2.92. The molecule has 0 aliphatic rings. The zero-order valence-electron chi connectivity index (χ0n) is 13.4. The number of H-pyrrole nitrogens is 1. The summed E-state index contributed by atoms with van der Waals surface area (Å²) in [6.07, 6.45) is 1.41. The van der Waals surface area contributed by atoms with Gasteiger partial charge in [0.05, 0.1) is 19.0 Å². The third-order valence-electron chi connectivity index (χ3n) is 3.53. The van der Waals surface area contributed by atoms with E-state index in [1.807, 2.05) is 35.9 Å². The quantitative estimate of drug-likeness (QED) is 0.257. The van der Waals surface area contributed by atoms with Gasteiger partial charge in [-0.3, -0.25) is 4.79 Å². The van der Waals surface area contributed by atoms with Crippen molar-refractivity contribution in [2.75, 3.05) is 5.75 Å². The number of carbonyl (C=O) groups excluding carboxylic acids is 1. The molecule has 0 spiro atoms. The maximum absolute atomic E-state index is 11.9. The number of nitrogens with zero attached hydrogens (tertiary/aromatic N) is 2. The third kappa shape index (κ3) is 4.21. The zero-order chi connectivity index (χ0) is 17.8. The molecule has 1 heterocycles. The summed E-state index contributed by atoms with van der Waals surface area (Å²) in [6, 6.07) is 12.9. The molecule has 1 amide bonds. The Bertz CT molecular complexity index is 955. The van der Waals surface area contributed by atoms with E-state index in [1.165, 1.54) is 18.0 Å². The van der Waals surface area contributed by atoms with Gasteiger partial charge in [0.1, 0.15) is 5.75 Å². The molecule has 1 aromatic heterocycles. The number of hydrogen-bond acceptors (Lipinski definition) is 4. The molecular weight excluding hydrogens is 404 g/mol. The number of aromatic amines is 1. The fourth-order valence-corrected chi connectivity index (χ4v) is 3.47. The van der Waals surface area contributed by atoms with Gasteiger partial charge < -0.3 is 5.11 Å². The molecule has 8 heteroatoms. The maximum Gasteiger partial charge on any atom is 0.317 e. The van der Waals surface area contributed by atoms with Gasteiger partial charge in [-0.25, -0.2) is 15.0 Å². The van der Waals surface area contributed by atoms with Gasteiger partial charge in [-0.05, 0) is 42.1 Å². The summed E-state index contributed by atoms with van der Waals surface area (Å²) in [5, 5.41) is 14.5. The number of hydrogen-bond donors (Lipinski definition) is 3. The molecule has 25 heavy (non-hydrogen) atoms. The van der Waals surface area contributed by atoms with Crippen LogP contribution in [0.15, 0.2) is 57.2 Å². The Hall–Kier alpha value is -2.32. The van der Waals surface area contributed by atoms with E-state index in [0.717, 1.165) is 20.7 Å². The summed E-state index contributed by atoms with van der Waals surface area (Å²) in [6.45, 7) is 0. The van der Waals surface area contributed by atoms with Crippen molar-refractivity contribution in [3.63, 3.8) is 0 Å². The predicted molar refractivity (Wildman–Crippen MR) is 102 cm³/mol. The molecule has 6 nitrogen and oxygen atoms in total. The number of phenols is 1. The lowest BCUT2D eigenvalue weighted by molar-refractivity contribution is -0.683. The first-order valence-corrected chi connectivity index (χ1v) is 9.22. The van der Waals surface area contributed by atoms with Crippen molar-refractivity contribution in [1.82, 2.24) is 10.4 Å². The van der Waals surface area contributed by atoms with E-state index in [4.69, 9.17) is 0 Å². The molecule has 0 atom stereocenters. The van der Waals surface area contributed by atoms with Crippen LogP contribution in [0.5, 0.6) is 5.75 Å². The second-order valence-corrected chi connectivity index (χ2v) is 7.17. The third-order valence-corrected chi connectivity index (χ3v) is 5.08. The summed E-state index contributed by atoms with van der Waals surface area (Å²) >= 11 is 4.72. The van der Waals surface area contributed by atoms with E-state index >= 15 is 0 Å². The van der Waals surface area contributed by atoms with Crippen molar-refractivity contribution in [2.45, 2.75) is 5.16 Å². The molecule has 0 radical (unpaired) electrons. The highest BCUT2D eigenvalue weighted by Gasteiger charge is 2.16. The largest absolute Gasteiger partial charge is 0.507 e. The smallest absolute Gasteiger partial charge is 0.317 e. The normalized spacial score (nSPS) is 11.3. The van der Waals surface area contributed by atoms with Gasteiger partial charge >= 0.3 is 5.16 Å². The number of phenolic OH excluding ortho intramolecular Hbond substituents is 1. The number of amides is 1. The van der Waals surface area contributed by atoms with Crippen LogP contribution in [0.4, 0.5) is 0 Å². The van der Waals surface area contributed by atoms with Gasteiger partial charge in [0.2, 0.25) is 0 Å². The van der Waals surface area contributed by atoms with Crippen LogP contribution >= 0.6 is 27.7 Å². The van der Waals surface area contributed by atoms with Crippen molar-refractivity contribution in [2.24, 2.45) is 12.1 Å². The SMILES string of the molecule is C[n+]1c(SCC(=O)NN=Cc2cc(Br)ccc2O)[nH]c2ccccc21. The molecule has 0 aliphatic carbocycles. The number of aromatic nitrogens is 2. The standard InChI is InChI=1S/C17H15BrN4O2S/c1-22-14-5-3-2-4-13(14)20-17(22)25-10-16(24)21-19-9-11-8-12(18)6-7-15(11)23/h2-9H,10H2,1H3,(H2,19,21,23,24)/p+1. The van der Waals surface area contributed by atoms with Crippen LogP contribution < -0.4 is 9.99 Å². The first-order chi connectivity index (χ1) is 12.0. The molecule has 0 aliphatic heterocycles. The Morgan fingerprint density at radius 2 is 2.20 bits per heavy atom. The number of para-hydroxylation sites is 2. The maximum atomic E-state index is 11.9. The van der Waals surface area contributed by atoms with Crippen LogP contribution in [0.1, 0.15) is 5.56 Å². The van der Waals surface area contributed by atoms with Crippen LogP contribution in [-0.4, -0.2) is 28.0 Å². The minimum absolute atomic E-state index is 0.0978. The second kappa shape index (κ2) is 7.71. The Morgan fingerprint density at radius 1 is 1.40 bits per heavy atom. The molecule has 2 aromatic carbocycles. The minimum Gasteiger partial charge on any atom is -0.507 e. The van der Waals surface area contributed by atoms with Gasteiger partial charge in [-0.1, -0.05) is 28.1 Å². The second-order valence-electron chi connectivity index (χ2n) is 5.29. The molecule has 0 saturated heterocycles. The van der Waals surface area contributed by atoms with Crippen LogP contribution in [-0.2, 0) is 11.8 Å². The molecule has 0 unspecified atom stereocenters. The lowest BCUT2D eigenvalue weighted by atomic mass is 10.2. The van der Waals surface area contributed by atoms with Crippen molar-refractivity contribution in [3.05, 3.63) is 52.5 Å². The highest BCUT2D eigenvalue weighted by Crippen LogP contribution is 2.20. The highest BCUT2D eigenvalue weighted by molar-refractivity contribution is 9.10.